The second-order valence-electron chi connectivity index (χ2n) is 4.11. The summed E-state index contributed by atoms with van der Waals surface area (Å²) in [5.74, 6) is -4.48. The molecule has 0 saturated carbocycles. The van der Waals surface area contributed by atoms with E-state index in [2.05, 4.69) is 0 Å². The summed E-state index contributed by atoms with van der Waals surface area (Å²) in [6.45, 7) is 1.12. The average Bonchev–Trinajstić information content (AvgIpc) is 2.36. The predicted octanol–water partition coefficient (Wildman–Crippen LogP) is 0.200. The Morgan fingerprint density at radius 3 is 2.11 bits per heavy atom. The highest BCUT2D eigenvalue weighted by Gasteiger charge is 2.49. The van der Waals surface area contributed by atoms with Gasteiger partial charge in [0, 0.05) is 5.56 Å². The van der Waals surface area contributed by atoms with Crippen molar-refractivity contribution in [3.8, 4) is 0 Å². The van der Waals surface area contributed by atoms with Crippen LogP contribution in [-0.2, 0) is 14.4 Å². The number of carboxylic acid groups (broad SMARTS) is 1. The van der Waals surface area contributed by atoms with Gasteiger partial charge in [-0.25, -0.2) is 4.79 Å². The summed E-state index contributed by atoms with van der Waals surface area (Å²) < 4.78 is 0. The number of ketones is 3. The molecule has 0 radical (unpaired) electrons. The standard InChI is InChI=1S/C13H13NO5/c1-8(15)7-10(16)13(14,12(18)19)11(17)9-5-3-2-4-6-9/h2-6H,7,14H2,1H3,(H,18,19). The molecule has 0 spiro atoms. The molecule has 1 atom stereocenters. The molecule has 19 heavy (non-hydrogen) atoms. The molecule has 100 valence electrons. The Morgan fingerprint density at radius 1 is 1.16 bits per heavy atom. The highest BCUT2D eigenvalue weighted by atomic mass is 16.4. The lowest BCUT2D eigenvalue weighted by atomic mass is 9.84. The molecule has 0 fully saturated rings. The van der Waals surface area contributed by atoms with Gasteiger partial charge in [-0.1, -0.05) is 30.3 Å². The lowest BCUT2D eigenvalue weighted by molar-refractivity contribution is -0.146. The molecule has 0 heterocycles. The van der Waals surface area contributed by atoms with Crippen LogP contribution in [0, 0.1) is 0 Å². The van der Waals surface area contributed by atoms with Gasteiger partial charge in [0.15, 0.2) is 5.78 Å². The Bertz CT molecular complexity index is 537. The number of rotatable bonds is 6. The normalized spacial score (nSPS) is 13.4. The number of hydrogen-bond donors (Lipinski definition) is 2. The summed E-state index contributed by atoms with van der Waals surface area (Å²) in [7, 11) is 0. The van der Waals surface area contributed by atoms with Gasteiger partial charge in [0.2, 0.25) is 11.3 Å². The van der Waals surface area contributed by atoms with Gasteiger partial charge in [0.1, 0.15) is 5.78 Å². The summed E-state index contributed by atoms with van der Waals surface area (Å²) in [5.41, 5.74) is 2.73. The van der Waals surface area contributed by atoms with E-state index in [1.165, 1.54) is 24.3 Å². The Morgan fingerprint density at radius 2 is 1.68 bits per heavy atom. The van der Waals surface area contributed by atoms with Gasteiger partial charge < -0.3 is 10.8 Å². The summed E-state index contributed by atoms with van der Waals surface area (Å²) in [5, 5.41) is 9.07. The molecule has 0 amide bonds. The van der Waals surface area contributed by atoms with Crippen molar-refractivity contribution in [1.82, 2.24) is 0 Å². The van der Waals surface area contributed by atoms with Crippen molar-refractivity contribution in [2.24, 2.45) is 5.73 Å². The Kier molecular flexibility index (Phi) is 4.29. The maximum atomic E-state index is 12.1. The molecule has 1 aromatic rings. The van der Waals surface area contributed by atoms with Crippen LogP contribution in [0.15, 0.2) is 30.3 Å². The van der Waals surface area contributed by atoms with E-state index in [1.807, 2.05) is 0 Å². The van der Waals surface area contributed by atoms with E-state index < -0.39 is 35.3 Å². The van der Waals surface area contributed by atoms with Crippen molar-refractivity contribution >= 4 is 23.3 Å². The summed E-state index contributed by atoms with van der Waals surface area (Å²) in [4.78, 5) is 46.0. The first-order valence-electron chi connectivity index (χ1n) is 5.45. The second kappa shape index (κ2) is 5.53. The maximum Gasteiger partial charge on any atom is 0.339 e. The van der Waals surface area contributed by atoms with Gasteiger partial charge >= 0.3 is 5.97 Å². The van der Waals surface area contributed by atoms with Crippen LogP contribution in [0.2, 0.25) is 0 Å². The third-order valence-electron chi connectivity index (χ3n) is 2.58. The fourth-order valence-electron chi connectivity index (χ4n) is 1.53. The largest absolute Gasteiger partial charge is 0.479 e. The van der Waals surface area contributed by atoms with E-state index in [9.17, 15) is 19.2 Å². The number of hydrogen-bond acceptors (Lipinski definition) is 5. The van der Waals surface area contributed by atoms with Crippen LogP contribution in [0.25, 0.3) is 0 Å². The smallest absolute Gasteiger partial charge is 0.339 e. The van der Waals surface area contributed by atoms with Gasteiger partial charge in [0.05, 0.1) is 6.42 Å². The van der Waals surface area contributed by atoms with Crippen molar-refractivity contribution in [3.05, 3.63) is 35.9 Å². The summed E-state index contributed by atoms with van der Waals surface area (Å²) in [6.07, 6.45) is -0.693. The number of Topliss-reactive ketones (excluding diaryl/α,β-unsaturated/α-hetero) is 3. The highest BCUT2D eigenvalue weighted by molar-refractivity contribution is 6.33. The molecule has 0 aliphatic heterocycles. The minimum atomic E-state index is -2.73. The molecule has 6 heteroatoms. The summed E-state index contributed by atoms with van der Waals surface area (Å²) in [6, 6.07) is 7.38. The first-order chi connectivity index (χ1) is 8.80. The highest BCUT2D eigenvalue weighted by Crippen LogP contribution is 2.15. The second-order valence-corrected chi connectivity index (χ2v) is 4.11. The first-order valence-corrected chi connectivity index (χ1v) is 5.45. The first kappa shape index (κ1) is 14.7. The van der Waals surface area contributed by atoms with Gasteiger partial charge in [-0.2, -0.15) is 0 Å². The number of benzene rings is 1. The number of carboxylic acids is 1. The van der Waals surface area contributed by atoms with Crippen LogP contribution in [0.1, 0.15) is 23.7 Å². The van der Waals surface area contributed by atoms with Crippen molar-refractivity contribution in [3.63, 3.8) is 0 Å². The molecule has 0 bridgehead atoms. The fourth-order valence-corrected chi connectivity index (χ4v) is 1.53. The molecule has 1 unspecified atom stereocenters. The molecule has 0 saturated heterocycles. The fraction of sp³-hybridized carbons (Fsp3) is 0.231. The quantitative estimate of drug-likeness (QED) is 0.559. The number of carbonyl (C=O) groups excluding carboxylic acids is 3. The third-order valence-corrected chi connectivity index (χ3v) is 2.58. The number of carbonyl (C=O) groups is 4. The Hall–Kier alpha value is -2.34. The van der Waals surface area contributed by atoms with E-state index in [4.69, 9.17) is 10.8 Å². The topological polar surface area (TPSA) is 115 Å². The molecule has 1 rings (SSSR count). The van der Waals surface area contributed by atoms with E-state index >= 15 is 0 Å². The van der Waals surface area contributed by atoms with Gasteiger partial charge in [-0.05, 0) is 6.92 Å². The zero-order valence-electron chi connectivity index (χ0n) is 10.3. The zero-order chi connectivity index (χ0) is 14.6. The van der Waals surface area contributed by atoms with Crippen molar-refractivity contribution in [1.29, 1.82) is 0 Å². The molecular formula is C13H13NO5. The van der Waals surface area contributed by atoms with Crippen molar-refractivity contribution < 1.29 is 24.3 Å². The summed E-state index contributed by atoms with van der Waals surface area (Å²) >= 11 is 0. The lowest BCUT2D eigenvalue weighted by Gasteiger charge is -2.21. The average molecular weight is 263 g/mol. The van der Waals surface area contributed by atoms with Gasteiger partial charge in [-0.3, -0.25) is 14.4 Å². The van der Waals surface area contributed by atoms with Crippen molar-refractivity contribution in [2.45, 2.75) is 18.9 Å². The van der Waals surface area contributed by atoms with Crippen LogP contribution in [0.5, 0.6) is 0 Å². The minimum Gasteiger partial charge on any atom is -0.479 e. The van der Waals surface area contributed by atoms with E-state index in [1.54, 1.807) is 6.07 Å². The molecule has 0 aromatic heterocycles. The van der Waals surface area contributed by atoms with E-state index in [0.717, 1.165) is 6.92 Å². The van der Waals surface area contributed by atoms with Crippen LogP contribution < -0.4 is 5.73 Å². The van der Waals surface area contributed by atoms with Crippen LogP contribution in [0.3, 0.4) is 0 Å². The SMILES string of the molecule is CC(=O)CC(=O)C(N)(C(=O)O)C(=O)c1ccccc1. The molecule has 1 aromatic carbocycles. The third kappa shape index (κ3) is 2.92. The van der Waals surface area contributed by atoms with Crippen molar-refractivity contribution in [2.75, 3.05) is 0 Å². The minimum absolute atomic E-state index is 0.00398. The zero-order valence-corrected chi connectivity index (χ0v) is 10.3. The van der Waals surface area contributed by atoms with E-state index in [0.29, 0.717) is 0 Å². The van der Waals surface area contributed by atoms with Crippen LogP contribution in [0.4, 0.5) is 0 Å². The number of aliphatic carboxylic acids is 1. The molecular weight excluding hydrogens is 250 g/mol. The van der Waals surface area contributed by atoms with Crippen LogP contribution >= 0.6 is 0 Å². The van der Waals surface area contributed by atoms with Gasteiger partial charge in [0.25, 0.3) is 0 Å². The molecule has 0 aliphatic carbocycles. The Balaban J connectivity index is 3.20. The monoisotopic (exact) mass is 263 g/mol. The molecule has 0 aliphatic rings. The predicted molar refractivity (Wildman–Crippen MR) is 65.6 cm³/mol. The molecule has 6 nitrogen and oxygen atoms in total. The Labute approximate surface area is 109 Å². The van der Waals surface area contributed by atoms with E-state index in [-0.39, 0.29) is 5.56 Å². The lowest BCUT2D eigenvalue weighted by Crippen LogP contribution is -2.61. The maximum absolute atomic E-state index is 12.1. The number of nitrogens with two attached hydrogens (primary N) is 1. The van der Waals surface area contributed by atoms with Crippen LogP contribution in [-0.4, -0.2) is 34.0 Å². The van der Waals surface area contributed by atoms with Gasteiger partial charge in [-0.15, -0.1) is 0 Å². The molecule has 3 N–H and O–H groups in total.